The molecule has 2 aromatic carbocycles. The van der Waals surface area contributed by atoms with Crippen LogP contribution in [0.3, 0.4) is 0 Å². The van der Waals surface area contributed by atoms with Gasteiger partial charge in [-0.1, -0.05) is 36.8 Å². The van der Waals surface area contributed by atoms with Gasteiger partial charge in [0.05, 0.1) is 13.7 Å². The number of nitrogens with zero attached hydrogens (tertiary/aromatic N) is 1. The van der Waals surface area contributed by atoms with Gasteiger partial charge in [-0.15, -0.1) is 0 Å². The van der Waals surface area contributed by atoms with Crippen molar-refractivity contribution in [3.63, 3.8) is 0 Å². The van der Waals surface area contributed by atoms with Crippen LogP contribution in [0.2, 0.25) is 0 Å². The summed E-state index contributed by atoms with van der Waals surface area (Å²) in [5.74, 6) is 1.35. The average molecular weight is 455 g/mol. The molecule has 2 aromatic rings. The molecule has 2 rings (SSSR count). The fourth-order valence-corrected chi connectivity index (χ4v) is 3.49. The number of amides is 2. The molecule has 0 heterocycles. The highest BCUT2D eigenvalue weighted by molar-refractivity contribution is 5.88. The van der Waals surface area contributed by atoms with Gasteiger partial charge in [0, 0.05) is 18.5 Å². The number of benzene rings is 2. The topological polar surface area (TPSA) is 67.9 Å². The fraction of sp³-hybridized carbons (Fsp3) is 0.481. The first-order valence-corrected chi connectivity index (χ1v) is 11.6. The van der Waals surface area contributed by atoms with Crippen molar-refractivity contribution in [3.8, 4) is 11.5 Å². The highest BCUT2D eigenvalue weighted by Gasteiger charge is 2.30. The van der Waals surface area contributed by atoms with E-state index in [0.29, 0.717) is 32.4 Å². The molecule has 0 saturated carbocycles. The Kier molecular flexibility index (Phi) is 9.76. The van der Waals surface area contributed by atoms with Gasteiger partial charge < -0.3 is 19.7 Å². The summed E-state index contributed by atoms with van der Waals surface area (Å²) in [5.41, 5.74) is 1.74. The molecule has 0 radical (unpaired) electrons. The maximum absolute atomic E-state index is 13.3. The third-order valence-electron chi connectivity index (χ3n) is 5.22. The molecule has 6 nitrogen and oxygen atoms in total. The van der Waals surface area contributed by atoms with Crippen LogP contribution < -0.4 is 14.8 Å². The summed E-state index contributed by atoms with van der Waals surface area (Å²) < 4.78 is 11.0. The number of hydrogen-bond acceptors (Lipinski definition) is 4. The van der Waals surface area contributed by atoms with Crippen molar-refractivity contribution < 1.29 is 19.1 Å². The van der Waals surface area contributed by atoms with E-state index in [1.807, 2.05) is 83.1 Å². The van der Waals surface area contributed by atoms with Crippen LogP contribution in [-0.2, 0) is 16.1 Å². The van der Waals surface area contributed by atoms with E-state index in [-0.39, 0.29) is 17.4 Å². The number of carbonyl (C=O) groups is 2. The lowest BCUT2D eigenvalue weighted by Gasteiger charge is -2.33. The Hall–Kier alpha value is -3.02. The van der Waals surface area contributed by atoms with Gasteiger partial charge in [-0.25, -0.2) is 0 Å². The molecule has 2 amide bonds. The standard InChI is InChI=1S/C27H38N2O4/c1-7-24(26(31)28-27(3,4)5)29(19-21-12-16-22(32-6)17-13-21)25(30)9-8-18-33-23-14-10-20(2)11-15-23/h10-17,24H,7-9,18-19H2,1-6H3,(H,28,31). The molecule has 0 aliphatic heterocycles. The van der Waals surface area contributed by atoms with E-state index in [1.165, 1.54) is 5.56 Å². The summed E-state index contributed by atoms with van der Waals surface area (Å²) in [5, 5.41) is 3.03. The Labute approximate surface area is 198 Å². The van der Waals surface area contributed by atoms with Gasteiger partial charge in [0.25, 0.3) is 0 Å². The third kappa shape index (κ3) is 8.79. The zero-order valence-corrected chi connectivity index (χ0v) is 20.8. The summed E-state index contributed by atoms with van der Waals surface area (Å²) in [6, 6.07) is 14.9. The molecule has 1 unspecified atom stereocenters. The van der Waals surface area contributed by atoms with Crippen LogP contribution in [0.15, 0.2) is 48.5 Å². The summed E-state index contributed by atoms with van der Waals surface area (Å²) >= 11 is 0. The lowest BCUT2D eigenvalue weighted by molar-refractivity contribution is -0.142. The van der Waals surface area contributed by atoms with Gasteiger partial charge in [-0.3, -0.25) is 9.59 Å². The average Bonchev–Trinajstić information content (AvgIpc) is 2.77. The highest BCUT2D eigenvalue weighted by Crippen LogP contribution is 2.18. The quantitative estimate of drug-likeness (QED) is 0.491. The molecule has 0 saturated heterocycles. The number of methoxy groups -OCH3 is 1. The zero-order chi connectivity index (χ0) is 24.4. The van der Waals surface area contributed by atoms with Crippen molar-refractivity contribution in [2.75, 3.05) is 13.7 Å². The monoisotopic (exact) mass is 454 g/mol. The van der Waals surface area contributed by atoms with Crippen molar-refractivity contribution >= 4 is 11.8 Å². The smallest absolute Gasteiger partial charge is 0.243 e. The van der Waals surface area contributed by atoms with Crippen LogP contribution in [-0.4, -0.2) is 42.0 Å². The number of ether oxygens (including phenoxy) is 2. The van der Waals surface area contributed by atoms with E-state index in [2.05, 4.69) is 5.32 Å². The minimum absolute atomic E-state index is 0.0609. The van der Waals surface area contributed by atoms with Crippen LogP contribution in [0.1, 0.15) is 58.1 Å². The second-order valence-electron chi connectivity index (χ2n) is 9.30. The van der Waals surface area contributed by atoms with E-state index in [9.17, 15) is 9.59 Å². The van der Waals surface area contributed by atoms with Crippen LogP contribution >= 0.6 is 0 Å². The van der Waals surface area contributed by atoms with Crippen molar-refractivity contribution in [2.24, 2.45) is 0 Å². The molecular weight excluding hydrogens is 416 g/mol. The first-order chi connectivity index (χ1) is 15.6. The molecule has 33 heavy (non-hydrogen) atoms. The molecule has 180 valence electrons. The molecule has 0 aliphatic rings. The Morgan fingerprint density at radius 3 is 2.15 bits per heavy atom. The van der Waals surface area contributed by atoms with E-state index in [0.717, 1.165) is 17.1 Å². The Bertz CT molecular complexity index is 886. The predicted octanol–water partition coefficient (Wildman–Crippen LogP) is 4.88. The highest BCUT2D eigenvalue weighted by atomic mass is 16.5. The van der Waals surface area contributed by atoms with Crippen molar-refractivity contribution in [1.29, 1.82) is 0 Å². The number of nitrogens with one attached hydrogen (secondary N) is 1. The molecule has 0 fully saturated rings. The third-order valence-corrected chi connectivity index (χ3v) is 5.22. The maximum Gasteiger partial charge on any atom is 0.243 e. The van der Waals surface area contributed by atoms with E-state index in [4.69, 9.17) is 9.47 Å². The zero-order valence-electron chi connectivity index (χ0n) is 20.8. The second kappa shape index (κ2) is 12.3. The summed E-state index contributed by atoms with van der Waals surface area (Å²) in [6.45, 7) is 10.6. The maximum atomic E-state index is 13.3. The lowest BCUT2D eigenvalue weighted by atomic mass is 10.0. The predicted molar refractivity (Wildman–Crippen MR) is 131 cm³/mol. The minimum Gasteiger partial charge on any atom is -0.497 e. The van der Waals surface area contributed by atoms with E-state index >= 15 is 0 Å². The Balaban J connectivity index is 2.08. The van der Waals surface area contributed by atoms with Gasteiger partial charge in [-0.2, -0.15) is 0 Å². The van der Waals surface area contributed by atoms with Crippen molar-refractivity contribution in [1.82, 2.24) is 10.2 Å². The van der Waals surface area contributed by atoms with Crippen LogP contribution in [0.4, 0.5) is 0 Å². The van der Waals surface area contributed by atoms with Gasteiger partial charge in [0.15, 0.2) is 0 Å². The second-order valence-corrected chi connectivity index (χ2v) is 9.30. The molecular formula is C27H38N2O4. The van der Waals surface area contributed by atoms with E-state index in [1.54, 1.807) is 12.0 Å². The number of carbonyl (C=O) groups excluding carboxylic acids is 2. The van der Waals surface area contributed by atoms with Crippen LogP contribution in [0.5, 0.6) is 11.5 Å². The molecule has 1 atom stereocenters. The minimum atomic E-state index is -0.545. The van der Waals surface area contributed by atoms with Crippen LogP contribution in [0, 0.1) is 6.92 Å². The molecule has 0 aromatic heterocycles. The number of aryl methyl sites for hydroxylation is 1. The molecule has 6 heteroatoms. The molecule has 0 bridgehead atoms. The first-order valence-electron chi connectivity index (χ1n) is 11.6. The van der Waals surface area contributed by atoms with Crippen molar-refractivity contribution in [2.45, 2.75) is 72.0 Å². The number of rotatable bonds is 11. The molecule has 1 N–H and O–H groups in total. The Morgan fingerprint density at radius 1 is 1.00 bits per heavy atom. The SMILES string of the molecule is CCC(C(=O)NC(C)(C)C)N(Cc1ccc(OC)cc1)C(=O)CCCOc1ccc(C)cc1. The largest absolute Gasteiger partial charge is 0.497 e. The van der Waals surface area contributed by atoms with Gasteiger partial charge in [-0.05, 0) is 70.4 Å². The summed E-state index contributed by atoms with van der Waals surface area (Å²) in [4.78, 5) is 28.0. The fourth-order valence-electron chi connectivity index (χ4n) is 3.49. The molecule has 0 spiro atoms. The summed E-state index contributed by atoms with van der Waals surface area (Å²) in [6.07, 6.45) is 1.41. The van der Waals surface area contributed by atoms with Gasteiger partial charge in [0.2, 0.25) is 11.8 Å². The van der Waals surface area contributed by atoms with Gasteiger partial charge in [0.1, 0.15) is 17.5 Å². The van der Waals surface area contributed by atoms with E-state index < -0.39 is 6.04 Å². The van der Waals surface area contributed by atoms with Gasteiger partial charge >= 0.3 is 0 Å². The summed E-state index contributed by atoms with van der Waals surface area (Å²) in [7, 11) is 1.62. The lowest BCUT2D eigenvalue weighted by Crippen LogP contribution is -2.53. The number of hydrogen-bond donors (Lipinski definition) is 1. The van der Waals surface area contributed by atoms with Crippen molar-refractivity contribution in [3.05, 3.63) is 59.7 Å². The van der Waals surface area contributed by atoms with Crippen LogP contribution in [0.25, 0.3) is 0 Å². The first kappa shape index (κ1) is 26.2. The molecule has 0 aliphatic carbocycles. The Morgan fingerprint density at radius 2 is 1.61 bits per heavy atom. The normalized spacial score (nSPS) is 12.1.